The number of fused-ring (bicyclic) bond motifs is 1. The van der Waals surface area contributed by atoms with Crippen LogP contribution in [0.4, 0.5) is 15.9 Å². The average Bonchev–Trinajstić information content (AvgIpc) is 2.93. The van der Waals surface area contributed by atoms with Gasteiger partial charge in [0.05, 0.1) is 17.6 Å². The fraction of sp³-hybridized carbons (Fsp3) is 0.310. The lowest BCUT2D eigenvalue weighted by molar-refractivity contribution is 0.101. The summed E-state index contributed by atoms with van der Waals surface area (Å²) in [6, 6.07) is 15.5. The van der Waals surface area contributed by atoms with Crippen molar-refractivity contribution < 1.29 is 18.6 Å². The van der Waals surface area contributed by atoms with Crippen molar-refractivity contribution in [1.29, 1.82) is 0 Å². The van der Waals surface area contributed by atoms with Crippen LogP contribution in [-0.4, -0.2) is 47.7 Å². The Morgan fingerprint density at radius 3 is 2.61 bits per heavy atom. The zero-order chi connectivity index (χ0) is 26.5. The Morgan fingerprint density at radius 2 is 1.87 bits per heavy atom. The molecule has 0 amide bonds. The molecule has 9 heteroatoms. The molecule has 4 aromatic rings. The van der Waals surface area contributed by atoms with Gasteiger partial charge in [-0.05, 0) is 61.3 Å². The van der Waals surface area contributed by atoms with E-state index in [9.17, 15) is 4.39 Å². The SMILES string of the molecule is CCN1CCC(Oc2cc3c(Nc4ccc(OCc5cccc(F)c5)c(Cl)c4)ncnc3cc2OC)CC1. The average molecular weight is 537 g/mol. The number of likely N-dealkylation sites (tertiary alicyclic amines) is 1. The molecule has 1 N–H and O–H groups in total. The van der Waals surface area contributed by atoms with Crippen LogP contribution in [0.3, 0.4) is 0 Å². The third-order valence-electron chi connectivity index (χ3n) is 6.67. The highest BCUT2D eigenvalue weighted by atomic mass is 35.5. The maximum atomic E-state index is 13.4. The lowest BCUT2D eigenvalue weighted by atomic mass is 10.1. The molecule has 0 aliphatic carbocycles. The lowest BCUT2D eigenvalue weighted by Gasteiger charge is -2.31. The first-order chi connectivity index (χ1) is 18.5. The van der Waals surface area contributed by atoms with E-state index in [1.807, 2.05) is 18.2 Å². The fourth-order valence-electron chi connectivity index (χ4n) is 4.56. The Kier molecular flexibility index (Phi) is 8.10. The minimum atomic E-state index is -0.304. The van der Waals surface area contributed by atoms with Crippen molar-refractivity contribution in [2.24, 2.45) is 0 Å². The monoisotopic (exact) mass is 536 g/mol. The number of hydrogen-bond donors (Lipinski definition) is 1. The normalized spacial score (nSPS) is 14.4. The number of aromatic nitrogens is 2. The molecule has 1 aromatic heterocycles. The van der Waals surface area contributed by atoms with E-state index in [0.717, 1.165) is 54.6 Å². The Balaban J connectivity index is 1.34. The van der Waals surface area contributed by atoms with E-state index in [1.54, 1.807) is 31.4 Å². The molecule has 1 aliphatic heterocycles. The van der Waals surface area contributed by atoms with Crippen molar-refractivity contribution in [3.8, 4) is 17.2 Å². The Labute approximate surface area is 226 Å². The van der Waals surface area contributed by atoms with Gasteiger partial charge in [0.15, 0.2) is 11.5 Å². The number of nitrogens with one attached hydrogen (secondary N) is 1. The molecule has 0 saturated carbocycles. The summed E-state index contributed by atoms with van der Waals surface area (Å²) in [5, 5.41) is 4.56. The number of methoxy groups -OCH3 is 1. The molecule has 0 spiro atoms. The minimum absolute atomic E-state index is 0.129. The maximum Gasteiger partial charge on any atom is 0.162 e. The highest BCUT2D eigenvalue weighted by Crippen LogP contribution is 2.37. The number of halogens is 2. The number of rotatable bonds is 9. The predicted octanol–water partition coefficient (Wildman–Crippen LogP) is 6.62. The van der Waals surface area contributed by atoms with Crippen LogP contribution in [0.2, 0.25) is 5.02 Å². The molecule has 7 nitrogen and oxygen atoms in total. The number of hydrogen-bond acceptors (Lipinski definition) is 7. The van der Waals surface area contributed by atoms with Gasteiger partial charge in [-0.15, -0.1) is 0 Å². The first-order valence-corrected chi connectivity index (χ1v) is 13.1. The van der Waals surface area contributed by atoms with Crippen molar-refractivity contribution in [3.63, 3.8) is 0 Å². The molecule has 5 rings (SSSR count). The van der Waals surface area contributed by atoms with E-state index in [1.165, 1.54) is 18.5 Å². The highest BCUT2D eigenvalue weighted by molar-refractivity contribution is 6.32. The smallest absolute Gasteiger partial charge is 0.162 e. The molecule has 2 heterocycles. The third-order valence-corrected chi connectivity index (χ3v) is 6.97. The molecule has 0 bridgehead atoms. The predicted molar refractivity (Wildman–Crippen MR) is 147 cm³/mol. The molecule has 0 atom stereocenters. The van der Waals surface area contributed by atoms with Gasteiger partial charge in [0.25, 0.3) is 0 Å². The zero-order valence-corrected chi connectivity index (χ0v) is 22.2. The number of ether oxygens (including phenoxy) is 3. The van der Waals surface area contributed by atoms with Gasteiger partial charge in [-0.25, -0.2) is 14.4 Å². The van der Waals surface area contributed by atoms with Gasteiger partial charge in [-0.3, -0.25) is 0 Å². The molecular weight excluding hydrogens is 507 g/mol. The fourth-order valence-corrected chi connectivity index (χ4v) is 4.79. The summed E-state index contributed by atoms with van der Waals surface area (Å²) in [6.45, 7) is 5.50. The minimum Gasteiger partial charge on any atom is -0.493 e. The van der Waals surface area contributed by atoms with Crippen molar-refractivity contribution >= 4 is 34.0 Å². The van der Waals surface area contributed by atoms with E-state index in [-0.39, 0.29) is 18.5 Å². The van der Waals surface area contributed by atoms with Crippen LogP contribution in [0.1, 0.15) is 25.3 Å². The third kappa shape index (κ3) is 6.09. The molecular formula is C29H30ClFN4O3. The van der Waals surface area contributed by atoms with Crippen LogP contribution in [0, 0.1) is 5.82 Å². The first kappa shape index (κ1) is 26.0. The molecule has 1 fully saturated rings. The topological polar surface area (TPSA) is 68.7 Å². The van der Waals surface area contributed by atoms with E-state index in [0.29, 0.717) is 28.1 Å². The molecule has 1 saturated heterocycles. The largest absolute Gasteiger partial charge is 0.493 e. The zero-order valence-electron chi connectivity index (χ0n) is 21.4. The van der Waals surface area contributed by atoms with Gasteiger partial charge in [0, 0.05) is 30.2 Å². The molecule has 198 valence electrons. The summed E-state index contributed by atoms with van der Waals surface area (Å²) in [7, 11) is 1.63. The van der Waals surface area contributed by atoms with Crippen molar-refractivity contribution in [2.45, 2.75) is 32.5 Å². The molecule has 1 aliphatic rings. The number of nitrogens with zero attached hydrogens (tertiary/aromatic N) is 3. The Bertz CT molecular complexity index is 1410. The van der Waals surface area contributed by atoms with E-state index in [4.69, 9.17) is 25.8 Å². The molecule has 0 unspecified atom stereocenters. The molecule has 0 radical (unpaired) electrons. The standard InChI is InChI=1S/C29H30ClFN4O3/c1-3-35-11-9-22(10-12-35)38-28-15-23-25(16-27(28)36-2)32-18-33-29(23)34-21-7-8-26(24(30)14-21)37-17-19-5-4-6-20(31)13-19/h4-8,13-16,18,22H,3,9-12,17H2,1-2H3,(H,32,33,34). The van der Waals surface area contributed by atoms with Crippen LogP contribution < -0.4 is 19.5 Å². The second-order valence-corrected chi connectivity index (χ2v) is 9.59. The number of piperidine rings is 1. The van der Waals surface area contributed by atoms with Crippen LogP contribution in [0.5, 0.6) is 17.2 Å². The van der Waals surface area contributed by atoms with E-state index < -0.39 is 0 Å². The Morgan fingerprint density at radius 1 is 1.03 bits per heavy atom. The second-order valence-electron chi connectivity index (χ2n) is 9.18. The van der Waals surface area contributed by atoms with Crippen LogP contribution in [0.15, 0.2) is 60.9 Å². The highest BCUT2D eigenvalue weighted by Gasteiger charge is 2.22. The maximum absolute atomic E-state index is 13.4. The summed E-state index contributed by atoms with van der Waals surface area (Å²) in [5.41, 5.74) is 2.19. The van der Waals surface area contributed by atoms with Crippen LogP contribution in [-0.2, 0) is 6.61 Å². The van der Waals surface area contributed by atoms with Crippen LogP contribution in [0.25, 0.3) is 10.9 Å². The van der Waals surface area contributed by atoms with Gasteiger partial charge in [0.2, 0.25) is 0 Å². The summed E-state index contributed by atoms with van der Waals surface area (Å²) < 4.78 is 31.2. The summed E-state index contributed by atoms with van der Waals surface area (Å²) >= 11 is 6.49. The van der Waals surface area contributed by atoms with Gasteiger partial charge >= 0.3 is 0 Å². The number of anilines is 2. The van der Waals surface area contributed by atoms with E-state index in [2.05, 4.69) is 27.1 Å². The van der Waals surface area contributed by atoms with Crippen LogP contribution >= 0.6 is 11.6 Å². The van der Waals surface area contributed by atoms with Crippen molar-refractivity contribution in [1.82, 2.24) is 14.9 Å². The summed E-state index contributed by atoms with van der Waals surface area (Å²) in [5.74, 6) is 2.13. The van der Waals surface area contributed by atoms with Crippen molar-refractivity contribution in [2.75, 3.05) is 32.1 Å². The molecule has 3 aromatic carbocycles. The first-order valence-electron chi connectivity index (χ1n) is 12.7. The van der Waals surface area contributed by atoms with Gasteiger partial charge in [-0.2, -0.15) is 0 Å². The second kappa shape index (κ2) is 11.8. The Hall–Kier alpha value is -3.62. The molecule has 38 heavy (non-hydrogen) atoms. The summed E-state index contributed by atoms with van der Waals surface area (Å²) in [6.07, 6.45) is 3.57. The quantitative estimate of drug-likeness (QED) is 0.258. The van der Waals surface area contributed by atoms with Crippen molar-refractivity contribution in [3.05, 3.63) is 77.3 Å². The van der Waals surface area contributed by atoms with Gasteiger partial charge < -0.3 is 24.4 Å². The van der Waals surface area contributed by atoms with Gasteiger partial charge in [-0.1, -0.05) is 30.7 Å². The summed E-state index contributed by atoms with van der Waals surface area (Å²) in [4.78, 5) is 11.3. The lowest BCUT2D eigenvalue weighted by Crippen LogP contribution is -2.38. The van der Waals surface area contributed by atoms with E-state index >= 15 is 0 Å². The van der Waals surface area contributed by atoms with Gasteiger partial charge in [0.1, 0.15) is 36.4 Å². The number of benzene rings is 3.